The summed E-state index contributed by atoms with van der Waals surface area (Å²) in [7, 11) is 0. The molecule has 23 heteroatoms. The summed E-state index contributed by atoms with van der Waals surface area (Å²) >= 11 is 5.88. The Morgan fingerprint density at radius 3 is 1.53 bits per heavy atom. The minimum atomic E-state index is -1.49. The Bertz CT molecular complexity index is 3840. The number of benzene rings is 8. The molecule has 1 amide bonds. The van der Waals surface area contributed by atoms with Gasteiger partial charge in [0.2, 0.25) is 0 Å². The molecule has 0 radical (unpaired) electrons. The summed E-state index contributed by atoms with van der Waals surface area (Å²) in [4.78, 5) is 73.9. The smallest absolute Gasteiger partial charge is 0.589 e. The van der Waals surface area contributed by atoms with Crippen LogP contribution in [0.2, 0.25) is 5.02 Å². The topological polar surface area (TPSA) is 290 Å². The second-order valence-corrected chi connectivity index (χ2v) is 16.4. The molecule has 0 unspecified atom stereocenters. The third-order valence-electron chi connectivity index (χ3n) is 11.1. The molecular weight excluding hydrogens is 1090 g/mol. The Kier molecular flexibility index (Phi) is 23.5. The second-order valence-electron chi connectivity index (χ2n) is 15.9. The minimum Gasteiger partial charge on any atom is -0.589 e. The molecule has 0 aliphatic rings. The minimum absolute atomic E-state index is 0. The number of aryl methyl sites for hydroxylation is 1. The predicted octanol–water partition coefficient (Wildman–Crippen LogP) is -0.00528. The molecule has 9 aromatic rings. The van der Waals surface area contributed by atoms with E-state index in [0.29, 0.717) is 38.4 Å². The number of aromatic nitrogens is 2. The Hall–Kier alpha value is -6.80. The molecule has 0 bridgehead atoms. The van der Waals surface area contributed by atoms with Gasteiger partial charge in [-0.2, -0.15) is 0 Å². The number of halogens is 1. The van der Waals surface area contributed by atoms with Crippen molar-refractivity contribution < 1.29 is 156 Å². The van der Waals surface area contributed by atoms with Gasteiger partial charge in [-0.3, -0.25) is 19.2 Å². The van der Waals surface area contributed by atoms with Gasteiger partial charge < -0.3 is 50.2 Å². The molecule has 0 saturated carbocycles. The predicted molar refractivity (Wildman–Crippen MR) is 268 cm³/mol. The Morgan fingerprint density at radius 2 is 1.03 bits per heavy atom. The van der Waals surface area contributed by atoms with Crippen LogP contribution in [-0.4, -0.2) is 49.4 Å². The summed E-state index contributed by atoms with van der Waals surface area (Å²) in [5, 5.41) is 79.0. The van der Waals surface area contributed by atoms with E-state index in [1.807, 2.05) is 0 Å². The van der Waals surface area contributed by atoms with Crippen molar-refractivity contribution >= 4 is 80.2 Å². The molecule has 1 aromatic heterocycles. The molecule has 0 spiro atoms. The number of nitrogens with one attached hydrogen (secondary N) is 1. The summed E-state index contributed by atoms with van der Waals surface area (Å²) in [6.45, 7) is 1.60. The number of carboxylic acid groups (broad SMARTS) is 2. The molecule has 0 saturated heterocycles. The summed E-state index contributed by atoms with van der Waals surface area (Å²) in [6, 6.07) is 42.4. The van der Waals surface area contributed by atoms with Crippen LogP contribution < -0.4 is 115 Å². The van der Waals surface area contributed by atoms with E-state index in [0.717, 1.165) is 16.8 Å². The third kappa shape index (κ3) is 14.7. The van der Waals surface area contributed by atoms with E-state index < -0.39 is 34.8 Å². The van der Waals surface area contributed by atoms with E-state index in [1.165, 1.54) is 78.9 Å². The zero-order valence-corrected chi connectivity index (χ0v) is 49.8. The average molecular weight is 1130 g/mol. The second kappa shape index (κ2) is 28.7. The number of carboxylic acids is 2. The number of rotatable bonds is 13. The number of nitrogens with zero attached hydrogens (tertiary/aromatic N) is 6. The monoisotopic (exact) mass is 1130 g/mol. The van der Waals surface area contributed by atoms with Crippen LogP contribution in [0.25, 0.3) is 16.5 Å². The number of ketones is 2. The zero-order chi connectivity index (χ0) is 52.6. The molecule has 1 heterocycles. The van der Waals surface area contributed by atoms with Crippen molar-refractivity contribution in [3.05, 3.63) is 230 Å². The van der Waals surface area contributed by atoms with Crippen molar-refractivity contribution in [3.63, 3.8) is 0 Å². The maximum Gasteiger partial charge on any atom is 1.00 e. The van der Waals surface area contributed by atoms with Crippen LogP contribution in [0.3, 0.4) is 0 Å². The van der Waals surface area contributed by atoms with Gasteiger partial charge in [-0.25, -0.2) is 0 Å². The van der Waals surface area contributed by atoms with Crippen molar-refractivity contribution in [2.75, 3.05) is 5.32 Å². The number of carbonyl (C=O) groups excluding carboxylic acids is 5. The van der Waals surface area contributed by atoms with E-state index in [-0.39, 0.29) is 180 Å². The number of phenolic OH excluding ortho intramolecular Hbond substituents is 3. The first-order valence-corrected chi connectivity index (χ1v) is 22.3. The standard InChI is InChI=1S/C31H21N3O6.C24H17ClN4O5.Cr.3Na/c35-25-16-14-18-9-6-12-24(32-30(38)19-7-2-1-3-8-19)27(18)28(25)34-33-23-15-13-20(17-26(23)36)29(37)21-10-4-5-11-22(21)31(39)40;1-13-21(23(32)29(28-13)16-9-7-15(25)8-10-16)27-26-19-11-6-14(12-20(19)30)22(31)17-4-2-3-5-18(17)24(33)34;;;;/h1-17,35-36H,(H,32,38)(H,39,40);2-12H,1H3,(H3,26,27,28,30,31,32,33,34);;;;/q;;;3*+1/p-3. The Labute approximate surface area is 525 Å². The number of hydrogen-bond donors (Lipinski definition) is 4. The van der Waals surface area contributed by atoms with E-state index >= 15 is 0 Å². The van der Waals surface area contributed by atoms with Gasteiger partial charge in [0.25, 0.3) is 11.5 Å². The first kappa shape index (κ1) is 63.7. The van der Waals surface area contributed by atoms with Crippen LogP contribution in [0.1, 0.15) is 68.6 Å². The van der Waals surface area contributed by atoms with Crippen LogP contribution in [0.4, 0.5) is 28.4 Å². The average Bonchev–Trinajstić information content (AvgIpc) is 3.70. The number of hydrogen-bond acceptors (Lipinski definition) is 15. The molecule has 372 valence electrons. The van der Waals surface area contributed by atoms with E-state index in [4.69, 9.17) is 11.6 Å². The molecule has 8 aromatic carbocycles. The molecule has 9 rings (SSSR count). The normalized spacial score (nSPS) is 10.5. The molecule has 78 heavy (non-hydrogen) atoms. The summed E-state index contributed by atoms with van der Waals surface area (Å²) in [5.74, 6) is -5.53. The van der Waals surface area contributed by atoms with Crippen molar-refractivity contribution in [2.24, 2.45) is 20.5 Å². The summed E-state index contributed by atoms with van der Waals surface area (Å²) < 4.78 is 1.16. The van der Waals surface area contributed by atoms with Gasteiger partial charge in [-0.05, 0) is 90.3 Å². The van der Waals surface area contributed by atoms with Crippen molar-refractivity contribution in [1.29, 1.82) is 0 Å². The van der Waals surface area contributed by atoms with E-state index in [9.17, 15) is 54.3 Å². The SMILES string of the molecule is Cc1[n-]n(-c2ccc(Cl)cc2)c(=O)c1N=Nc1ccc(C(=O)c2ccccc2C(=O)[O-])cc1O.O=C(Nc1cccc2ccc(O)c(N=Nc3ccc(C(=O)c4ccccc4C(=O)[O-])cc3O)c12)c1ccccc1.[Cr].[Na+].[Na+].[Na+]. The van der Waals surface area contributed by atoms with Gasteiger partial charge in [-0.1, -0.05) is 103 Å². The molecule has 4 N–H and O–H groups in total. The fourth-order valence-electron chi connectivity index (χ4n) is 7.44. The number of anilines is 1. The van der Waals surface area contributed by atoms with Crippen LogP contribution in [0, 0.1) is 6.92 Å². The maximum absolute atomic E-state index is 12.9. The Balaban J connectivity index is 0.000000324. The first-order chi connectivity index (χ1) is 35.6. The number of amides is 1. The number of phenols is 3. The quantitative estimate of drug-likeness (QED) is 0.0674. The summed E-state index contributed by atoms with van der Waals surface area (Å²) in [5.41, 5.74) is 0.604. The molecule has 0 aliphatic carbocycles. The van der Waals surface area contributed by atoms with Crippen LogP contribution >= 0.6 is 11.6 Å². The van der Waals surface area contributed by atoms with Gasteiger partial charge in [0.15, 0.2) is 11.6 Å². The van der Waals surface area contributed by atoms with Gasteiger partial charge >= 0.3 is 88.7 Å². The van der Waals surface area contributed by atoms with E-state index in [1.54, 1.807) is 85.8 Å². The number of aromatic carboxylic acids is 2. The number of fused-ring (bicyclic) bond motifs is 1. The largest absolute Gasteiger partial charge is 1.00 e. The number of aromatic hydroxyl groups is 3. The van der Waals surface area contributed by atoms with Crippen molar-refractivity contribution in [2.45, 2.75) is 6.92 Å². The van der Waals surface area contributed by atoms with Gasteiger partial charge in [-0.15, -0.1) is 26.2 Å². The molecular formula is C55H35ClCrN7Na3O11. The van der Waals surface area contributed by atoms with Crippen LogP contribution in [0.5, 0.6) is 17.2 Å². The van der Waals surface area contributed by atoms with E-state index in [2.05, 4.69) is 30.9 Å². The van der Waals surface area contributed by atoms with Crippen molar-refractivity contribution in [1.82, 2.24) is 9.78 Å². The molecule has 0 fully saturated rings. The number of carbonyl (C=O) groups is 5. The third-order valence-corrected chi connectivity index (χ3v) is 11.4. The van der Waals surface area contributed by atoms with Gasteiger partial charge in [0, 0.05) is 72.4 Å². The number of azo groups is 2. The fraction of sp³-hybridized carbons (Fsp3) is 0.0182. The molecule has 18 nitrogen and oxygen atoms in total. The zero-order valence-electron chi connectivity index (χ0n) is 41.7. The first-order valence-electron chi connectivity index (χ1n) is 21.9. The maximum atomic E-state index is 12.9. The van der Waals surface area contributed by atoms with Crippen molar-refractivity contribution in [3.8, 4) is 22.9 Å². The molecule has 0 atom stereocenters. The van der Waals surface area contributed by atoms with Crippen LogP contribution in [-0.2, 0) is 17.4 Å². The summed E-state index contributed by atoms with van der Waals surface area (Å²) in [6.07, 6.45) is 0. The fourth-order valence-corrected chi connectivity index (χ4v) is 7.57. The Morgan fingerprint density at radius 1 is 0.538 bits per heavy atom. The molecule has 0 aliphatic heterocycles. The van der Waals surface area contributed by atoms with Crippen LogP contribution in [0.15, 0.2) is 195 Å². The van der Waals surface area contributed by atoms with Gasteiger partial charge in [0.05, 0.1) is 17.6 Å². The van der Waals surface area contributed by atoms with Gasteiger partial charge in [0.1, 0.15) is 40.0 Å².